The molecule has 4 nitrogen and oxygen atoms in total. The fraction of sp³-hybridized carbons (Fsp3) is 0.333. The molecule has 0 saturated carbocycles. The van der Waals surface area contributed by atoms with E-state index in [2.05, 4.69) is 103 Å². The normalized spacial score (nSPS) is 20.1. The van der Waals surface area contributed by atoms with Gasteiger partial charge in [-0.15, -0.1) is 0 Å². The van der Waals surface area contributed by atoms with E-state index in [1.165, 1.54) is 45.8 Å². The third-order valence-corrected chi connectivity index (χ3v) is 5.72. The molecule has 1 heterocycles. The van der Waals surface area contributed by atoms with Crippen LogP contribution in [0.4, 0.5) is 11.4 Å². The number of nitrogens with one attached hydrogen (secondary N) is 2. The van der Waals surface area contributed by atoms with Crippen LogP contribution in [0.2, 0.25) is 0 Å². The van der Waals surface area contributed by atoms with Gasteiger partial charge in [-0.2, -0.15) is 0 Å². The van der Waals surface area contributed by atoms with Crippen molar-refractivity contribution in [2.45, 2.75) is 25.3 Å². The summed E-state index contributed by atoms with van der Waals surface area (Å²) in [6.07, 6.45) is 5.80. The zero-order valence-corrected chi connectivity index (χ0v) is 17.3. The van der Waals surface area contributed by atoms with Crippen LogP contribution in [0.25, 0.3) is 6.08 Å². The Labute approximate surface area is 168 Å². The molecule has 1 atom stereocenters. The third kappa shape index (κ3) is 3.65. The number of hydrazine groups is 1. The predicted molar refractivity (Wildman–Crippen MR) is 119 cm³/mol. The summed E-state index contributed by atoms with van der Waals surface area (Å²) < 4.78 is 0. The molecule has 4 heteroatoms. The Hall–Kier alpha value is -2.72. The highest BCUT2D eigenvalue weighted by Gasteiger charge is 2.30. The van der Waals surface area contributed by atoms with Gasteiger partial charge in [0.2, 0.25) is 0 Å². The number of anilines is 2. The molecule has 0 spiro atoms. The average Bonchev–Trinajstić information content (AvgIpc) is 3.13. The van der Waals surface area contributed by atoms with Crippen molar-refractivity contribution in [3.8, 4) is 0 Å². The van der Waals surface area contributed by atoms with Crippen LogP contribution in [-0.4, -0.2) is 28.2 Å². The SMILES string of the molecule is CN(C)c1ccc(/C=C2\CCCC3=C2NN[C@@H]3c2ccc(N(C)C)cc2)cc1. The summed E-state index contributed by atoms with van der Waals surface area (Å²) in [5, 5.41) is 0. The number of hydrogen-bond acceptors (Lipinski definition) is 4. The molecule has 2 aromatic carbocycles. The molecule has 0 fully saturated rings. The van der Waals surface area contributed by atoms with Crippen LogP contribution in [0, 0.1) is 0 Å². The van der Waals surface area contributed by atoms with Crippen molar-refractivity contribution >= 4 is 17.5 Å². The Kier molecular flexibility index (Phi) is 5.14. The van der Waals surface area contributed by atoms with Gasteiger partial charge in [-0.05, 0) is 71.9 Å². The fourth-order valence-corrected chi connectivity index (χ4v) is 4.07. The standard InChI is InChI=1S/C24H30N4/c1-27(2)20-12-8-17(9-13-20)16-19-6-5-7-22-23(25-26-24(19)22)18-10-14-21(15-11-18)28(3)4/h8-16,23,25-26H,5-7H2,1-4H3/b19-16+/t23-/m1/s1. The van der Waals surface area contributed by atoms with Gasteiger partial charge in [0.1, 0.15) is 0 Å². The van der Waals surface area contributed by atoms with Crippen molar-refractivity contribution in [2.75, 3.05) is 38.0 Å². The van der Waals surface area contributed by atoms with Gasteiger partial charge < -0.3 is 15.2 Å². The Balaban J connectivity index is 1.60. The van der Waals surface area contributed by atoms with E-state index in [1.807, 2.05) is 0 Å². The van der Waals surface area contributed by atoms with Crippen LogP contribution >= 0.6 is 0 Å². The van der Waals surface area contributed by atoms with Crippen LogP contribution < -0.4 is 20.7 Å². The van der Waals surface area contributed by atoms with Crippen molar-refractivity contribution in [2.24, 2.45) is 0 Å². The molecule has 1 aliphatic carbocycles. The molecule has 0 saturated heterocycles. The number of rotatable bonds is 4. The Morgan fingerprint density at radius 3 is 2.04 bits per heavy atom. The summed E-state index contributed by atoms with van der Waals surface area (Å²) in [4.78, 5) is 4.27. The molecule has 28 heavy (non-hydrogen) atoms. The highest BCUT2D eigenvalue weighted by Crippen LogP contribution is 2.39. The second-order valence-electron chi connectivity index (χ2n) is 8.10. The first-order valence-corrected chi connectivity index (χ1v) is 10.0. The van der Waals surface area contributed by atoms with Crippen LogP contribution in [0.5, 0.6) is 0 Å². The quantitative estimate of drug-likeness (QED) is 0.826. The maximum absolute atomic E-state index is 3.52. The van der Waals surface area contributed by atoms with Gasteiger partial charge in [-0.1, -0.05) is 24.3 Å². The maximum atomic E-state index is 3.52. The third-order valence-electron chi connectivity index (χ3n) is 5.72. The van der Waals surface area contributed by atoms with Gasteiger partial charge in [0.15, 0.2) is 0 Å². The van der Waals surface area contributed by atoms with E-state index in [-0.39, 0.29) is 6.04 Å². The van der Waals surface area contributed by atoms with Crippen molar-refractivity contribution in [1.29, 1.82) is 0 Å². The maximum Gasteiger partial charge on any atom is 0.0743 e. The number of allylic oxidation sites excluding steroid dienone is 1. The van der Waals surface area contributed by atoms with E-state index >= 15 is 0 Å². The van der Waals surface area contributed by atoms with E-state index in [0.717, 1.165) is 12.8 Å². The number of hydrogen-bond donors (Lipinski definition) is 2. The zero-order chi connectivity index (χ0) is 19.7. The van der Waals surface area contributed by atoms with Gasteiger partial charge >= 0.3 is 0 Å². The van der Waals surface area contributed by atoms with E-state index in [1.54, 1.807) is 0 Å². The van der Waals surface area contributed by atoms with Gasteiger partial charge in [0, 0.05) is 39.6 Å². The smallest absolute Gasteiger partial charge is 0.0743 e. The van der Waals surface area contributed by atoms with Gasteiger partial charge in [0.25, 0.3) is 0 Å². The van der Waals surface area contributed by atoms with Crippen molar-refractivity contribution in [1.82, 2.24) is 10.9 Å². The molecule has 2 aliphatic rings. The van der Waals surface area contributed by atoms with Crippen LogP contribution in [-0.2, 0) is 0 Å². The highest BCUT2D eigenvalue weighted by molar-refractivity contribution is 5.63. The lowest BCUT2D eigenvalue weighted by atomic mass is 9.86. The minimum atomic E-state index is 0.256. The zero-order valence-electron chi connectivity index (χ0n) is 17.3. The van der Waals surface area contributed by atoms with E-state index in [9.17, 15) is 0 Å². The van der Waals surface area contributed by atoms with Crippen LogP contribution in [0.1, 0.15) is 36.4 Å². The first-order chi connectivity index (χ1) is 13.5. The summed E-state index contributed by atoms with van der Waals surface area (Å²) in [5.74, 6) is 0. The average molecular weight is 375 g/mol. The molecule has 1 aliphatic heterocycles. The monoisotopic (exact) mass is 374 g/mol. The lowest BCUT2D eigenvalue weighted by Gasteiger charge is -2.20. The van der Waals surface area contributed by atoms with Crippen LogP contribution in [0.15, 0.2) is 65.4 Å². The number of benzene rings is 2. The molecule has 0 unspecified atom stereocenters. The first kappa shape index (κ1) is 18.6. The summed E-state index contributed by atoms with van der Waals surface area (Å²) >= 11 is 0. The van der Waals surface area contributed by atoms with E-state index in [0.29, 0.717) is 0 Å². The van der Waals surface area contributed by atoms with Gasteiger partial charge in [0.05, 0.1) is 11.7 Å². The minimum absolute atomic E-state index is 0.256. The highest BCUT2D eigenvalue weighted by atomic mass is 15.4. The Bertz CT molecular complexity index is 889. The second-order valence-corrected chi connectivity index (χ2v) is 8.10. The van der Waals surface area contributed by atoms with Gasteiger partial charge in [-0.3, -0.25) is 0 Å². The fourth-order valence-electron chi connectivity index (χ4n) is 4.07. The summed E-state index contributed by atoms with van der Waals surface area (Å²) in [6.45, 7) is 0. The van der Waals surface area contributed by atoms with Crippen LogP contribution in [0.3, 0.4) is 0 Å². The molecule has 2 aromatic rings. The van der Waals surface area contributed by atoms with Crippen molar-refractivity contribution in [3.63, 3.8) is 0 Å². The lowest BCUT2D eigenvalue weighted by Crippen LogP contribution is -2.27. The van der Waals surface area contributed by atoms with E-state index in [4.69, 9.17) is 0 Å². The predicted octanol–water partition coefficient (Wildman–Crippen LogP) is 4.49. The largest absolute Gasteiger partial charge is 0.378 e. The van der Waals surface area contributed by atoms with Crippen molar-refractivity contribution in [3.05, 3.63) is 76.5 Å². The molecule has 4 rings (SSSR count). The molecular weight excluding hydrogens is 344 g/mol. The van der Waals surface area contributed by atoms with E-state index < -0.39 is 0 Å². The second kappa shape index (κ2) is 7.72. The molecule has 2 N–H and O–H groups in total. The Morgan fingerprint density at radius 2 is 1.43 bits per heavy atom. The Morgan fingerprint density at radius 1 is 0.821 bits per heavy atom. The molecule has 0 aromatic heterocycles. The minimum Gasteiger partial charge on any atom is -0.378 e. The molecular formula is C24H30N4. The molecule has 0 bridgehead atoms. The molecule has 0 radical (unpaired) electrons. The number of nitrogens with zero attached hydrogens (tertiary/aromatic N) is 2. The molecule has 0 amide bonds. The topological polar surface area (TPSA) is 30.5 Å². The summed E-state index contributed by atoms with van der Waals surface area (Å²) in [7, 11) is 8.30. The first-order valence-electron chi connectivity index (χ1n) is 10.0. The lowest BCUT2D eigenvalue weighted by molar-refractivity contribution is 0.584. The summed E-state index contributed by atoms with van der Waals surface area (Å²) in [6, 6.07) is 17.9. The summed E-state index contributed by atoms with van der Waals surface area (Å²) in [5.41, 5.74) is 16.2. The van der Waals surface area contributed by atoms with Gasteiger partial charge in [-0.25, -0.2) is 5.43 Å². The molecule has 146 valence electrons. The van der Waals surface area contributed by atoms with Crippen molar-refractivity contribution < 1.29 is 0 Å².